The maximum Gasteiger partial charge on any atom is 0.188 e. The van der Waals surface area contributed by atoms with Crippen molar-refractivity contribution in [2.45, 2.75) is 57.8 Å². The number of fused-ring (bicyclic) bond motifs is 1. The fraction of sp³-hybridized carbons (Fsp3) is 0.565. The first-order chi connectivity index (χ1) is 13.1. The predicted molar refractivity (Wildman–Crippen MR) is 100 cm³/mol. The summed E-state index contributed by atoms with van der Waals surface area (Å²) < 4.78 is 47.9. The molecule has 1 radical (unpaired) electrons. The number of ether oxygens (including phenoxy) is 1. The molecule has 0 bridgehead atoms. The molecule has 0 atom stereocenters. The van der Waals surface area contributed by atoms with Gasteiger partial charge in [0.2, 0.25) is 0 Å². The van der Waals surface area contributed by atoms with Gasteiger partial charge in [-0.05, 0) is 49.5 Å². The molecular weight excluding hydrogens is 535 g/mol. The van der Waals surface area contributed by atoms with Crippen molar-refractivity contribution < 1.29 is 38.3 Å². The predicted octanol–water partition coefficient (Wildman–Crippen LogP) is 6.82. The smallest absolute Gasteiger partial charge is 0.188 e. The van der Waals surface area contributed by atoms with E-state index in [1.807, 2.05) is 0 Å². The van der Waals surface area contributed by atoms with Crippen molar-refractivity contribution in [1.82, 2.24) is 0 Å². The van der Waals surface area contributed by atoms with Crippen molar-refractivity contribution in [3.8, 4) is 5.75 Å². The fourth-order valence-corrected chi connectivity index (χ4v) is 5.00. The molecule has 153 valence electrons. The second kappa shape index (κ2) is 9.63. The van der Waals surface area contributed by atoms with Gasteiger partial charge in [0.05, 0.1) is 6.61 Å². The SMILES string of the molecule is Fc1c(OCC2CCC(C3CCCCC3)CC2)cc2cc[c-]c(F)c2c1F.[Re]. The first kappa shape index (κ1) is 21.7. The van der Waals surface area contributed by atoms with Gasteiger partial charge in [0, 0.05) is 26.2 Å². The monoisotopic (exact) mass is 562 g/mol. The van der Waals surface area contributed by atoms with Gasteiger partial charge in [0.25, 0.3) is 0 Å². The van der Waals surface area contributed by atoms with E-state index in [1.165, 1.54) is 63.1 Å². The fourth-order valence-electron chi connectivity index (χ4n) is 5.00. The molecule has 0 aliphatic heterocycles. The van der Waals surface area contributed by atoms with Gasteiger partial charge in [0.15, 0.2) is 11.6 Å². The molecule has 0 aromatic heterocycles. The molecule has 0 N–H and O–H groups in total. The van der Waals surface area contributed by atoms with Crippen molar-refractivity contribution in [3.05, 3.63) is 41.7 Å². The van der Waals surface area contributed by atoms with Gasteiger partial charge in [-0.3, -0.25) is 0 Å². The van der Waals surface area contributed by atoms with Gasteiger partial charge in [-0.2, -0.15) is 12.1 Å². The molecule has 2 aliphatic rings. The summed E-state index contributed by atoms with van der Waals surface area (Å²) in [4.78, 5) is 0. The Morgan fingerprint density at radius 3 is 2.29 bits per heavy atom. The average molecular weight is 562 g/mol. The summed E-state index contributed by atoms with van der Waals surface area (Å²) in [5, 5.41) is -0.0727. The summed E-state index contributed by atoms with van der Waals surface area (Å²) in [5.74, 6) is -1.22. The summed E-state index contributed by atoms with van der Waals surface area (Å²) in [6.45, 7) is 0.390. The van der Waals surface area contributed by atoms with E-state index >= 15 is 0 Å². The Kier molecular flexibility index (Phi) is 7.45. The minimum atomic E-state index is -1.20. The minimum Gasteiger partial charge on any atom is -0.490 e. The molecule has 28 heavy (non-hydrogen) atoms. The van der Waals surface area contributed by atoms with Gasteiger partial charge >= 0.3 is 0 Å². The third kappa shape index (κ3) is 4.57. The second-order valence-electron chi connectivity index (χ2n) is 8.25. The van der Waals surface area contributed by atoms with Crippen LogP contribution in [0.25, 0.3) is 10.8 Å². The van der Waals surface area contributed by atoms with E-state index < -0.39 is 17.5 Å². The van der Waals surface area contributed by atoms with Crippen LogP contribution in [0.5, 0.6) is 5.75 Å². The summed E-state index contributed by atoms with van der Waals surface area (Å²) in [6, 6.07) is 6.53. The number of halogens is 3. The van der Waals surface area contributed by atoms with Crippen LogP contribution in [0.2, 0.25) is 0 Å². The van der Waals surface area contributed by atoms with E-state index in [0.717, 1.165) is 24.7 Å². The maximum atomic E-state index is 14.3. The molecule has 0 heterocycles. The Bertz CT molecular complexity index is 796. The third-order valence-electron chi connectivity index (χ3n) is 6.58. The Balaban J connectivity index is 0.00000225. The molecule has 2 saturated carbocycles. The molecule has 5 heteroatoms. The van der Waals surface area contributed by atoms with Crippen LogP contribution in [0.15, 0.2) is 18.2 Å². The first-order valence-electron chi connectivity index (χ1n) is 10.2. The van der Waals surface area contributed by atoms with Gasteiger partial charge in [0.1, 0.15) is 5.82 Å². The van der Waals surface area contributed by atoms with Crippen LogP contribution in [0.1, 0.15) is 57.8 Å². The quantitative estimate of drug-likeness (QED) is 0.373. The van der Waals surface area contributed by atoms with E-state index in [4.69, 9.17) is 4.74 Å². The standard InChI is InChI=1S/C23H26F3O.Re/c24-19-8-4-7-18-13-20(22(25)23(26)21(18)19)27-14-15-9-11-17(12-10-15)16-5-2-1-3-6-16;/h4,7,13,15-17H,1-3,5-6,9-12,14H2;/q-1;. The molecule has 1 nitrogen and oxygen atoms in total. The van der Waals surface area contributed by atoms with E-state index in [0.29, 0.717) is 17.9 Å². The Hall–Kier alpha value is -1.05. The van der Waals surface area contributed by atoms with E-state index in [2.05, 4.69) is 6.07 Å². The number of hydrogen-bond donors (Lipinski definition) is 0. The number of benzene rings is 2. The Labute approximate surface area is 178 Å². The zero-order valence-corrected chi connectivity index (χ0v) is 18.7. The van der Waals surface area contributed by atoms with Crippen molar-refractivity contribution in [2.75, 3.05) is 6.61 Å². The van der Waals surface area contributed by atoms with Crippen LogP contribution in [-0.2, 0) is 20.4 Å². The normalized spacial score (nSPS) is 23.4. The largest absolute Gasteiger partial charge is 0.490 e. The summed E-state index contributed by atoms with van der Waals surface area (Å²) in [6.07, 6.45) is 11.5. The van der Waals surface area contributed by atoms with Crippen molar-refractivity contribution in [2.24, 2.45) is 17.8 Å². The van der Waals surface area contributed by atoms with Crippen LogP contribution in [-0.4, -0.2) is 6.61 Å². The van der Waals surface area contributed by atoms with Gasteiger partial charge in [-0.1, -0.05) is 37.5 Å². The number of hydrogen-bond acceptors (Lipinski definition) is 1. The molecule has 0 unspecified atom stereocenters. The van der Waals surface area contributed by atoms with Crippen molar-refractivity contribution >= 4 is 10.8 Å². The average Bonchev–Trinajstić information content (AvgIpc) is 2.70. The van der Waals surface area contributed by atoms with Crippen LogP contribution < -0.4 is 4.74 Å². The Morgan fingerprint density at radius 2 is 1.57 bits per heavy atom. The van der Waals surface area contributed by atoms with Gasteiger partial charge in [-0.15, -0.1) is 11.5 Å². The van der Waals surface area contributed by atoms with Gasteiger partial charge < -0.3 is 4.74 Å². The first-order valence-corrected chi connectivity index (χ1v) is 10.2. The zero-order chi connectivity index (χ0) is 18.8. The van der Waals surface area contributed by atoms with E-state index in [-0.39, 0.29) is 31.6 Å². The topological polar surface area (TPSA) is 9.23 Å². The van der Waals surface area contributed by atoms with Crippen LogP contribution in [0.4, 0.5) is 13.2 Å². The molecule has 0 spiro atoms. The number of rotatable bonds is 4. The van der Waals surface area contributed by atoms with Crippen molar-refractivity contribution in [1.29, 1.82) is 0 Å². The van der Waals surface area contributed by atoms with Gasteiger partial charge in [-0.25, -0.2) is 13.2 Å². The van der Waals surface area contributed by atoms with Crippen LogP contribution in [0, 0.1) is 41.3 Å². The van der Waals surface area contributed by atoms with E-state index in [1.54, 1.807) is 0 Å². The molecule has 0 saturated heterocycles. The maximum absolute atomic E-state index is 14.3. The molecule has 2 fully saturated rings. The second-order valence-corrected chi connectivity index (χ2v) is 8.25. The molecule has 0 amide bonds. The van der Waals surface area contributed by atoms with Crippen LogP contribution >= 0.6 is 0 Å². The molecule has 2 aliphatic carbocycles. The molecular formula is C23H26F3ORe-. The minimum absolute atomic E-state index is 0. The van der Waals surface area contributed by atoms with Crippen molar-refractivity contribution in [3.63, 3.8) is 0 Å². The summed E-state index contributed by atoms with van der Waals surface area (Å²) in [5.41, 5.74) is 0. The molecule has 2 aromatic rings. The Morgan fingerprint density at radius 1 is 0.893 bits per heavy atom. The zero-order valence-electron chi connectivity index (χ0n) is 16.0. The van der Waals surface area contributed by atoms with E-state index in [9.17, 15) is 13.2 Å². The third-order valence-corrected chi connectivity index (χ3v) is 6.58. The van der Waals surface area contributed by atoms with Crippen LogP contribution in [0.3, 0.4) is 0 Å². The molecule has 2 aromatic carbocycles. The summed E-state index contributed by atoms with van der Waals surface area (Å²) >= 11 is 0. The molecule has 4 rings (SSSR count). The summed E-state index contributed by atoms with van der Waals surface area (Å²) in [7, 11) is 0.